The summed E-state index contributed by atoms with van der Waals surface area (Å²) in [7, 11) is 0. The Morgan fingerprint density at radius 1 is 1.50 bits per heavy atom. The second kappa shape index (κ2) is 5.60. The molecule has 2 nitrogen and oxygen atoms in total. The Morgan fingerprint density at radius 3 is 3.06 bits per heavy atom. The molecule has 1 aliphatic heterocycles. The van der Waals surface area contributed by atoms with Crippen LogP contribution in [-0.2, 0) is 6.42 Å². The van der Waals surface area contributed by atoms with E-state index in [-0.39, 0.29) is 0 Å². The lowest BCUT2D eigenvalue weighted by atomic mass is 10.0. The second-order valence-electron chi connectivity index (χ2n) is 4.41. The van der Waals surface area contributed by atoms with E-state index in [9.17, 15) is 0 Å². The molecule has 1 aromatic carbocycles. The number of benzene rings is 1. The highest BCUT2D eigenvalue weighted by Crippen LogP contribution is 2.24. The van der Waals surface area contributed by atoms with Gasteiger partial charge in [0, 0.05) is 16.6 Å². The molecule has 1 fully saturated rings. The summed E-state index contributed by atoms with van der Waals surface area (Å²) in [5, 5.41) is 3.54. The predicted octanol–water partition coefficient (Wildman–Crippen LogP) is 2.68. The average molecular weight is 236 g/mol. The van der Waals surface area contributed by atoms with Crippen LogP contribution in [0.2, 0.25) is 0 Å². The Bertz CT molecular complexity index is 346. The molecule has 1 saturated heterocycles. The molecule has 0 aromatic heterocycles. The lowest BCUT2D eigenvalue weighted by molar-refractivity contribution is 0.559. The van der Waals surface area contributed by atoms with Crippen LogP contribution in [0.5, 0.6) is 0 Å². The summed E-state index contributed by atoms with van der Waals surface area (Å²) in [6.45, 7) is 1.20. The van der Waals surface area contributed by atoms with E-state index in [2.05, 4.69) is 23.7 Å². The number of aryl methyl sites for hydroxylation is 1. The van der Waals surface area contributed by atoms with Crippen LogP contribution in [0.15, 0.2) is 23.1 Å². The predicted molar refractivity (Wildman–Crippen MR) is 72.0 cm³/mol. The molecule has 1 unspecified atom stereocenters. The number of rotatable bonds is 4. The third-order valence-electron chi connectivity index (χ3n) is 3.24. The SMILES string of the molecule is CSc1cc(CCC2CCCN2)ccc1N. The Kier molecular flexibility index (Phi) is 4.13. The van der Waals surface area contributed by atoms with Crippen LogP contribution >= 0.6 is 11.8 Å². The van der Waals surface area contributed by atoms with Gasteiger partial charge in [0.15, 0.2) is 0 Å². The van der Waals surface area contributed by atoms with Crippen molar-refractivity contribution >= 4 is 17.4 Å². The van der Waals surface area contributed by atoms with E-state index in [1.54, 1.807) is 11.8 Å². The number of anilines is 1. The van der Waals surface area contributed by atoms with Crippen LogP contribution < -0.4 is 11.1 Å². The Labute approximate surface area is 102 Å². The average Bonchev–Trinajstić information content (AvgIpc) is 2.81. The lowest BCUT2D eigenvalue weighted by Crippen LogP contribution is -2.21. The molecule has 0 saturated carbocycles. The maximum atomic E-state index is 5.89. The van der Waals surface area contributed by atoms with Gasteiger partial charge >= 0.3 is 0 Å². The van der Waals surface area contributed by atoms with Gasteiger partial charge in [0.25, 0.3) is 0 Å². The molecule has 2 rings (SSSR count). The molecule has 0 amide bonds. The molecule has 3 N–H and O–H groups in total. The number of nitrogens with one attached hydrogen (secondary N) is 1. The van der Waals surface area contributed by atoms with Crippen molar-refractivity contribution in [1.29, 1.82) is 0 Å². The van der Waals surface area contributed by atoms with Gasteiger partial charge in [-0.1, -0.05) is 6.07 Å². The smallest absolute Gasteiger partial charge is 0.0452 e. The van der Waals surface area contributed by atoms with Crippen LogP contribution in [0.25, 0.3) is 0 Å². The van der Waals surface area contributed by atoms with Gasteiger partial charge < -0.3 is 11.1 Å². The van der Waals surface area contributed by atoms with Crippen LogP contribution in [0, 0.1) is 0 Å². The standard InChI is InChI=1S/C13H20N2S/c1-16-13-9-10(5-7-12(13)14)4-6-11-3-2-8-15-11/h5,7,9,11,15H,2-4,6,8,14H2,1H3. The Hall–Kier alpha value is -0.670. The van der Waals surface area contributed by atoms with Gasteiger partial charge in [-0.15, -0.1) is 11.8 Å². The van der Waals surface area contributed by atoms with Crippen LogP contribution in [0.4, 0.5) is 5.69 Å². The first kappa shape index (κ1) is 11.8. The Morgan fingerprint density at radius 2 is 2.38 bits per heavy atom. The van der Waals surface area contributed by atoms with Gasteiger partial charge in [0.2, 0.25) is 0 Å². The number of hydrogen-bond donors (Lipinski definition) is 2. The third kappa shape index (κ3) is 2.92. The van der Waals surface area contributed by atoms with Crippen LogP contribution in [-0.4, -0.2) is 18.8 Å². The van der Waals surface area contributed by atoms with Crippen molar-refractivity contribution in [3.05, 3.63) is 23.8 Å². The monoisotopic (exact) mass is 236 g/mol. The molecule has 1 aliphatic rings. The summed E-state index contributed by atoms with van der Waals surface area (Å²) in [5.74, 6) is 0. The second-order valence-corrected chi connectivity index (χ2v) is 5.26. The molecular formula is C13H20N2S. The minimum absolute atomic E-state index is 0.732. The Balaban J connectivity index is 1.93. The topological polar surface area (TPSA) is 38.0 Å². The third-order valence-corrected chi connectivity index (χ3v) is 4.04. The molecule has 16 heavy (non-hydrogen) atoms. The zero-order valence-electron chi connectivity index (χ0n) is 9.83. The van der Waals surface area contributed by atoms with Crippen molar-refractivity contribution in [2.75, 3.05) is 18.5 Å². The molecule has 0 radical (unpaired) electrons. The molecule has 3 heteroatoms. The van der Waals surface area contributed by atoms with Crippen molar-refractivity contribution < 1.29 is 0 Å². The molecule has 88 valence electrons. The molecule has 0 spiro atoms. The van der Waals surface area contributed by atoms with Gasteiger partial charge in [0.1, 0.15) is 0 Å². The number of nitrogens with two attached hydrogens (primary N) is 1. The molecule has 1 aromatic rings. The first-order chi connectivity index (χ1) is 7.79. The first-order valence-corrected chi connectivity index (χ1v) is 7.18. The summed E-state index contributed by atoms with van der Waals surface area (Å²) in [6.07, 6.45) is 7.16. The fourth-order valence-electron chi connectivity index (χ4n) is 2.26. The maximum Gasteiger partial charge on any atom is 0.0452 e. The van der Waals surface area contributed by atoms with Gasteiger partial charge in [0.05, 0.1) is 0 Å². The van der Waals surface area contributed by atoms with E-state index < -0.39 is 0 Å². The zero-order chi connectivity index (χ0) is 11.4. The molecule has 1 heterocycles. The summed E-state index contributed by atoms with van der Waals surface area (Å²) in [4.78, 5) is 1.21. The van der Waals surface area contributed by atoms with Crippen molar-refractivity contribution in [2.45, 2.75) is 36.6 Å². The normalized spacial score (nSPS) is 20.2. The lowest BCUT2D eigenvalue weighted by Gasteiger charge is -2.11. The number of nitrogen functional groups attached to an aromatic ring is 1. The van der Waals surface area contributed by atoms with Crippen LogP contribution in [0.1, 0.15) is 24.8 Å². The molecular weight excluding hydrogens is 216 g/mol. The minimum atomic E-state index is 0.732. The summed E-state index contributed by atoms with van der Waals surface area (Å²) in [5.41, 5.74) is 8.19. The van der Waals surface area contributed by atoms with E-state index in [0.29, 0.717) is 0 Å². The zero-order valence-corrected chi connectivity index (χ0v) is 10.6. The summed E-state index contributed by atoms with van der Waals surface area (Å²) in [6, 6.07) is 7.15. The van der Waals surface area contributed by atoms with Crippen molar-refractivity contribution in [3.8, 4) is 0 Å². The molecule has 1 atom stereocenters. The number of hydrogen-bond acceptors (Lipinski definition) is 3. The van der Waals surface area contributed by atoms with Crippen molar-refractivity contribution in [3.63, 3.8) is 0 Å². The van der Waals surface area contributed by atoms with Crippen molar-refractivity contribution in [2.24, 2.45) is 0 Å². The summed E-state index contributed by atoms with van der Waals surface area (Å²) >= 11 is 1.73. The highest BCUT2D eigenvalue weighted by atomic mass is 32.2. The van der Waals surface area contributed by atoms with E-state index in [1.807, 2.05) is 6.07 Å². The minimum Gasteiger partial charge on any atom is -0.398 e. The van der Waals surface area contributed by atoms with Gasteiger partial charge in [-0.2, -0.15) is 0 Å². The van der Waals surface area contributed by atoms with E-state index >= 15 is 0 Å². The highest BCUT2D eigenvalue weighted by Gasteiger charge is 2.13. The van der Waals surface area contributed by atoms with Gasteiger partial charge in [-0.25, -0.2) is 0 Å². The van der Waals surface area contributed by atoms with E-state index in [0.717, 1.165) is 18.2 Å². The fraction of sp³-hybridized carbons (Fsp3) is 0.538. The van der Waals surface area contributed by atoms with E-state index in [4.69, 9.17) is 5.73 Å². The van der Waals surface area contributed by atoms with Crippen LogP contribution in [0.3, 0.4) is 0 Å². The van der Waals surface area contributed by atoms with Gasteiger partial charge in [-0.05, 0) is 56.2 Å². The quantitative estimate of drug-likeness (QED) is 0.623. The largest absolute Gasteiger partial charge is 0.398 e. The highest BCUT2D eigenvalue weighted by molar-refractivity contribution is 7.98. The molecule has 0 bridgehead atoms. The maximum absolute atomic E-state index is 5.89. The summed E-state index contributed by atoms with van der Waals surface area (Å²) < 4.78 is 0. The molecule has 0 aliphatic carbocycles. The number of thioether (sulfide) groups is 1. The van der Waals surface area contributed by atoms with E-state index in [1.165, 1.54) is 36.3 Å². The fourth-order valence-corrected chi connectivity index (χ4v) is 2.83. The van der Waals surface area contributed by atoms with Gasteiger partial charge in [-0.3, -0.25) is 0 Å². The first-order valence-electron chi connectivity index (χ1n) is 5.95. The van der Waals surface area contributed by atoms with Crippen molar-refractivity contribution in [1.82, 2.24) is 5.32 Å².